The van der Waals surface area contributed by atoms with Crippen molar-refractivity contribution in [1.29, 1.82) is 0 Å². The van der Waals surface area contributed by atoms with E-state index in [-0.39, 0.29) is 18.4 Å². The number of carbonyl (C=O) groups excluding carboxylic acids is 2. The summed E-state index contributed by atoms with van der Waals surface area (Å²) < 4.78 is 0. The third-order valence-electron chi connectivity index (χ3n) is 2.32. The van der Waals surface area contributed by atoms with Gasteiger partial charge in [-0.3, -0.25) is 14.4 Å². The molecule has 0 aromatic carbocycles. The molecule has 1 saturated heterocycles. The predicted molar refractivity (Wildman–Crippen MR) is 59.2 cm³/mol. The average molecular weight is 246 g/mol. The number of carboxylic acids is 1. The predicted octanol–water partition coefficient (Wildman–Crippen LogP) is -1.03. The van der Waals surface area contributed by atoms with Gasteiger partial charge in [0.2, 0.25) is 11.8 Å². The monoisotopic (exact) mass is 246 g/mol. The van der Waals surface area contributed by atoms with E-state index in [0.29, 0.717) is 18.7 Å². The molecule has 2 N–H and O–H groups in total. The Hall–Kier alpha value is -1.24. The Balaban J connectivity index is 2.34. The van der Waals surface area contributed by atoms with Crippen LogP contribution in [-0.2, 0) is 14.4 Å². The van der Waals surface area contributed by atoms with Gasteiger partial charge < -0.3 is 15.3 Å². The Morgan fingerprint density at radius 3 is 2.75 bits per heavy atom. The molecule has 1 fully saturated rings. The third kappa shape index (κ3) is 3.73. The van der Waals surface area contributed by atoms with Gasteiger partial charge in [-0.15, -0.1) is 0 Å². The summed E-state index contributed by atoms with van der Waals surface area (Å²) in [6.45, 7) is 0.0239. The topological polar surface area (TPSA) is 86.7 Å². The summed E-state index contributed by atoms with van der Waals surface area (Å²) in [5.41, 5.74) is 0. The van der Waals surface area contributed by atoms with Crippen molar-refractivity contribution in [3.05, 3.63) is 0 Å². The number of thiol groups is 1. The molecule has 0 bridgehead atoms. The zero-order valence-electron chi connectivity index (χ0n) is 8.68. The molecule has 1 aliphatic rings. The molecule has 16 heavy (non-hydrogen) atoms. The smallest absolute Gasteiger partial charge is 0.322 e. The Morgan fingerprint density at radius 2 is 2.25 bits per heavy atom. The minimum absolute atomic E-state index is 0.0730. The maximum absolute atomic E-state index is 11.4. The normalized spacial score (nSPS) is 19.9. The number of carboxylic acid groups (broad SMARTS) is 1. The van der Waals surface area contributed by atoms with Crippen LogP contribution in [0.5, 0.6) is 0 Å². The van der Waals surface area contributed by atoms with Crippen LogP contribution < -0.4 is 5.32 Å². The third-order valence-corrected chi connectivity index (χ3v) is 2.84. The number of amides is 2. The highest BCUT2D eigenvalue weighted by atomic mass is 32.1. The summed E-state index contributed by atoms with van der Waals surface area (Å²) in [7, 11) is 0. The molecule has 2 amide bonds. The number of nitrogens with one attached hydrogen (secondary N) is 1. The second-order valence-corrected chi connectivity index (χ2v) is 4.06. The number of rotatable bonds is 5. The number of aliphatic carboxylic acids is 1. The van der Waals surface area contributed by atoms with Gasteiger partial charge in [0.25, 0.3) is 0 Å². The van der Waals surface area contributed by atoms with Crippen LogP contribution in [0.2, 0.25) is 0 Å². The summed E-state index contributed by atoms with van der Waals surface area (Å²) in [6, 6.07) is 0. The fourth-order valence-electron chi connectivity index (χ4n) is 1.53. The van der Waals surface area contributed by atoms with Crippen molar-refractivity contribution >= 4 is 30.4 Å². The van der Waals surface area contributed by atoms with Gasteiger partial charge in [0.1, 0.15) is 6.54 Å². The van der Waals surface area contributed by atoms with Gasteiger partial charge in [-0.1, -0.05) is 0 Å². The van der Waals surface area contributed by atoms with Crippen molar-refractivity contribution in [2.24, 2.45) is 5.92 Å². The molecular weight excluding hydrogens is 232 g/mol. The maximum Gasteiger partial charge on any atom is 0.322 e. The fourth-order valence-corrected chi connectivity index (χ4v) is 1.78. The van der Waals surface area contributed by atoms with Crippen LogP contribution in [0.25, 0.3) is 0 Å². The highest BCUT2D eigenvalue weighted by Gasteiger charge is 2.29. The Labute approximate surface area is 98.4 Å². The van der Waals surface area contributed by atoms with Gasteiger partial charge in [-0.05, 0) is 11.7 Å². The van der Waals surface area contributed by atoms with Gasteiger partial charge in [0.15, 0.2) is 0 Å². The molecule has 0 aromatic rings. The van der Waals surface area contributed by atoms with E-state index in [1.54, 1.807) is 0 Å². The molecule has 0 aliphatic carbocycles. The lowest BCUT2D eigenvalue weighted by Crippen LogP contribution is -2.40. The Morgan fingerprint density at radius 1 is 1.56 bits per heavy atom. The largest absolute Gasteiger partial charge is 0.480 e. The van der Waals surface area contributed by atoms with E-state index in [2.05, 4.69) is 17.9 Å². The molecule has 1 heterocycles. The number of carbonyl (C=O) groups is 3. The molecule has 1 atom stereocenters. The van der Waals surface area contributed by atoms with Crippen LogP contribution in [-0.4, -0.2) is 53.2 Å². The molecule has 0 saturated carbocycles. The number of likely N-dealkylation sites (tertiary alicyclic amines) is 1. The first-order chi connectivity index (χ1) is 7.52. The molecule has 7 heteroatoms. The van der Waals surface area contributed by atoms with E-state index in [9.17, 15) is 14.4 Å². The van der Waals surface area contributed by atoms with Crippen LogP contribution in [0.15, 0.2) is 0 Å². The van der Waals surface area contributed by atoms with Gasteiger partial charge >= 0.3 is 5.97 Å². The zero-order valence-corrected chi connectivity index (χ0v) is 9.57. The maximum atomic E-state index is 11.4. The van der Waals surface area contributed by atoms with E-state index >= 15 is 0 Å². The lowest BCUT2D eigenvalue weighted by molar-refractivity contribution is -0.138. The summed E-state index contributed by atoms with van der Waals surface area (Å²) >= 11 is 4.10. The Kier molecular flexibility index (Phi) is 4.60. The quantitative estimate of drug-likeness (QED) is 0.541. The molecule has 90 valence electrons. The standard InChI is InChI=1S/C9H14N2O4S/c12-7(10-2-9(14)15)4-11-3-6(5-16)1-8(11)13/h6,16H,1-5H2,(H,10,12)(H,14,15). The van der Waals surface area contributed by atoms with Gasteiger partial charge in [-0.2, -0.15) is 12.6 Å². The lowest BCUT2D eigenvalue weighted by Gasteiger charge is -2.15. The SMILES string of the molecule is O=C(O)CNC(=O)CN1CC(CS)CC1=O. The number of hydrogen-bond acceptors (Lipinski definition) is 4. The van der Waals surface area contributed by atoms with E-state index < -0.39 is 18.4 Å². The molecule has 0 spiro atoms. The van der Waals surface area contributed by atoms with Crippen molar-refractivity contribution in [2.75, 3.05) is 25.4 Å². The summed E-state index contributed by atoms with van der Waals surface area (Å²) in [4.78, 5) is 34.3. The first-order valence-corrected chi connectivity index (χ1v) is 5.53. The minimum atomic E-state index is -1.10. The highest BCUT2D eigenvalue weighted by Crippen LogP contribution is 2.17. The molecule has 0 radical (unpaired) electrons. The summed E-state index contributed by atoms with van der Waals surface area (Å²) in [5.74, 6) is -0.837. The van der Waals surface area contributed by atoms with Crippen molar-refractivity contribution in [1.82, 2.24) is 10.2 Å². The minimum Gasteiger partial charge on any atom is -0.480 e. The molecule has 1 rings (SSSR count). The van der Waals surface area contributed by atoms with Crippen molar-refractivity contribution < 1.29 is 19.5 Å². The van der Waals surface area contributed by atoms with E-state index in [4.69, 9.17) is 5.11 Å². The second-order valence-electron chi connectivity index (χ2n) is 3.70. The van der Waals surface area contributed by atoms with Crippen molar-refractivity contribution in [2.45, 2.75) is 6.42 Å². The van der Waals surface area contributed by atoms with Crippen LogP contribution in [0.3, 0.4) is 0 Å². The average Bonchev–Trinajstić information content (AvgIpc) is 2.57. The highest BCUT2D eigenvalue weighted by molar-refractivity contribution is 7.80. The van der Waals surface area contributed by atoms with E-state index in [0.717, 1.165) is 0 Å². The van der Waals surface area contributed by atoms with Gasteiger partial charge in [0.05, 0.1) is 6.54 Å². The molecule has 0 aromatic heterocycles. The first kappa shape index (κ1) is 12.8. The summed E-state index contributed by atoms with van der Waals surface area (Å²) in [5, 5.41) is 10.6. The van der Waals surface area contributed by atoms with E-state index in [1.165, 1.54) is 4.90 Å². The Bertz CT molecular complexity index is 308. The molecule has 6 nitrogen and oxygen atoms in total. The number of nitrogens with zero attached hydrogens (tertiary/aromatic N) is 1. The summed E-state index contributed by atoms with van der Waals surface area (Å²) in [6.07, 6.45) is 0.412. The number of hydrogen-bond donors (Lipinski definition) is 3. The molecular formula is C9H14N2O4S. The van der Waals surface area contributed by atoms with Crippen molar-refractivity contribution in [3.63, 3.8) is 0 Å². The van der Waals surface area contributed by atoms with Crippen LogP contribution in [0, 0.1) is 5.92 Å². The fraction of sp³-hybridized carbons (Fsp3) is 0.667. The first-order valence-electron chi connectivity index (χ1n) is 4.90. The van der Waals surface area contributed by atoms with Gasteiger partial charge in [0, 0.05) is 13.0 Å². The van der Waals surface area contributed by atoms with E-state index in [1.807, 2.05) is 0 Å². The van der Waals surface area contributed by atoms with Crippen molar-refractivity contribution in [3.8, 4) is 0 Å². The molecule has 1 aliphatic heterocycles. The van der Waals surface area contributed by atoms with Crippen LogP contribution in [0.1, 0.15) is 6.42 Å². The van der Waals surface area contributed by atoms with Crippen LogP contribution >= 0.6 is 12.6 Å². The van der Waals surface area contributed by atoms with Crippen LogP contribution in [0.4, 0.5) is 0 Å². The van der Waals surface area contributed by atoms with Gasteiger partial charge in [-0.25, -0.2) is 0 Å². The molecule has 1 unspecified atom stereocenters. The zero-order chi connectivity index (χ0) is 12.1. The lowest BCUT2D eigenvalue weighted by atomic mass is 10.1. The second kappa shape index (κ2) is 5.74.